The number of aliphatic hydroxyl groups is 1. The van der Waals surface area contributed by atoms with E-state index in [4.69, 9.17) is 4.18 Å². The summed E-state index contributed by atoms with van der Waals surface area (Å²) >= 11 is 0. The van der Waals surface area contributed by atoms with Crippen LogP contribution in [-0.2, 0) is 14.6 Å². The molecular weight excluding hydrogens is 623 g/mol. The quantitative estimate of drug-likeness (QED) is 0.0668. The van der Waals surface area contributed by atoms with Crippen LogP contribution in [-0.4, -0.2) is 69.1 Å². The molecule has 4 rings (SSSR count). The summed E-state index contributed by atoms with van der Waals surface area (Å²) in [4.78, 5) is 0. The third kappa shape index (κ3) is 10.4. The fourth-order valence-electron chi connectivity index (χ4n) is 11.3. The van der Waals surface area contributed by atoms with Crippen LogP contribution < -0.4 is 16.0 Å². The van der Waals surface area contributed by atoms with Gasteiger partial charge in [-0.3, -0.25) is 4.55 Å². The number of unbranched alkanes of at least 4 members (excludes halogenated alkanes) is 1. The van der Waals surface area contributed by atoms with Gasteiger partial charge in [0.1, 0.15) is 0 Å². The van der Waals surface area contributed by atoms with Crippen LogP contribution in [0.25, 0.3) is 0 Å². The van der Waals surface area contributed by atoms with Gasteiger partial charge >= 0.3 is 10.4 Å². The Labute approximate surface area is 295 Å². The molecule has 0 aromatic carbocycles. The van der Waals surface area contributed by atoms with Crippen LogP contribution in [0, 0.1) is 58.2 Å². The van der Waals surface area contributed by atoms with Crippen LogP contribution >= 0.6 is 0 Å². The van der Waals surface area contributed by atoms with Crippen LogP contribution in [0.15, 0.2) is 0 Å². The van der Waals surface area contributed by atoms with E-state index in [2.05, 4.69) is 50.6 Å². The molecular formula is C39H75N3O5S. The molecule has 4 aliphatic rings. The van der Waals surface area contributed by atoms with Crippen molar-refractivity contribution in [2.24, 2.45) is 58.2 Å². The van der Waals surface area contributed by atoms with Gasteiger partial charge in [-0.05, 0) is 181 Å². The zero-order valence-electron chi connectivity index (χ0n) is 31.8. The summed E-state index contributed by atoms with van der Waals surface area (Å²) in [5.41, 5.74) is 0.551. The Balaban J connectivity index is 1.21. The summed E-state index contributed by atoms with van der Waals surface area (Å²) in [6.07, 6.45) is 15.3. The molecule has 282 valence electrons. The molecule has 48 heavy (non-hydrogen) atoms. The van der Waals surface area contributed by atoms with E-state index in [0.717, 1.165) is 51.5 Å². The summed E-state index contributed by atoms with van der Waals surface area (Å²) in [5.74, 6) is 4.00. The molecule has 11 atom stereocenters. The first-order valence-corrected chi connectivity index (χ1v) is 21.5. The highest BCUT2D eigenvalue weighted by atomic mass is 32.3. The Morgan fingerprint density at radius 1 is 0.771 bits per heavy atom. The van der Waals surface area contributed by atoms with Crippen molar-refractivity contribution in [2.45, 2.75) is 157 Å². The van der Waals surface area contributed by atoms with Crippen molar-refractivity contribution in [3.05, 3.63) is 0 Å². The van der Waals surface area contributed by atoms with Gasteiger partial charge < -0.3 is 21.1 Å². The SMILES string of the molecule is CC(C)CCNCCCCNCCCN[C@H]1CC[C@]2(C)C3CC[C@@]4(C)C(CC[C@@H]4[C@H](C)CC[C@@H](OS(=O)(=O)O)C(C)C)C3[C@H](O)C[C@@H]2C1. The zero-order valence-corrected chi connectivity index (χ0v) is 32.6. The molecule has 5 N–H and O–H groups in total. The number of nitrogens with one attached hydrogen (secondary N) is 3. The molecule has 0 aliphatic heterocycles. The van der Waals surface area contributed by atoms with Crippen molar-refractivity contribution >= 4 is 10.4 Å². The van der Waals surface area contributed by atoms with Gasteiger partial charge in [0.2, 0.25) is 0 Å². The first-order valence-electron chi connectivity index (χ1n) is 20.1. The topological polar surface area (TPSA) is 120 Å². The van der Waals surface area contributed by atoms with E-state index >= 15 is 0 Å². The summed E-state index contributed by atoms with van der Waals surface area (Å²) < 4.78 is 37.2. The van der Waals surface area contributed by atoms with Crippen molar-refractivity contribution in [1.29, 1.82) is 0 Å². The number of rotatable bonds is 20. The first-order chi connectivity index (χ1) is 22.7. The van der Waals surface area contributed by atoms with E-state index in [1.807, 2.05) is 13.8 Å². The molecule has 3 unspecified atom stereocenters. The summed E-state index contributed by atoms with van der Waals surface area (Å²) in [7, 11) is -4.46. The van der Waals surface area contributed by atoms with E-state index in [9.17, 15) is 18.1 Å². The third-order valence-corrected chi connectivity index (χ3v) is 14.6. The van der Waals surface area contributed by atoms with Crippen LogP contribution in [0.5, 0.6) is 0 Å². The van der Waals surface area contributed by atoms with Crippen molar-refractivity contribution < 1.29 is 22.3 Å². The molecule has 0 aromatic rings. The van der Waals surface area contributed by atoms with Gasteiger partial charge in [0, 0.05) is 6.04 Å². The van der Waals surface area contributed by atoms with Gasteiger partial charge in [-0.2, -0.15) is 8.42 Å². The Kier molecular flexibility index (Phi) is 15.1. The minimum atomic E-state index is -4.46. The minimum absolute atomic E-state index is 0.0156. The lowest BCUT2D eigenvalue weighted by molar-refractivity contribution is -0.167. The average Bonchev–Trinajstić information content (AvgIpc) is 3.36. The number of fused-ring (bicyclic) bond motifs is 5. The standard InChI is InChI=1S/C39H75N3O5S/c1-27(2)17-24-41-21-9-8-20-40-22-10-23-42-31-15-18-38(6)30(25-31)26-35(43)37-33-13-12-32(39(33,7)19-16-34(37)38)29(5)11-14-36(28(3)4)47-48(44,45)46/h27-37,40-43H,8-26H2,1-7H3,(H,44,45,46)/t29-,30+,31+,32-,33?,34?,35-,36-,37?,38+,39-/m1/s1. The van der Waals surface area contributed by atoms with Crippen LogP contribution in [0.1, 0.15) is 138 Å². The second-order valence-electron chi connectivity index (χ2n) is 18.1. The minimum Gasteiger partial charge on any atom is -0.393 e. The molecule has 0 aromatic heterocycles. The molecule has 0 heterocycles. The zero-order chi connectivity index (χ0) is 35.1. The van der Waals surface area contributed by atoms with Crippen LogP contribution in [0.4, 0.5) is 0 Å². The normalized spacial score (nSPS) is 36.5. The molecule has 4 fully saturated rings. The molecule has 0 spiro atoms. The van der Waals surface area contributed by atoms with E-state index < -0.39 is 16.5 Å². The summed E-state index contributed by atoms with van der Waals surface area (Å²) in [6, 6.07) is 0.578. The van der Waals surface area contributed by atoms with Crippen LogP contribution in [0.2, 0.25) is 0 Å². The highest BCUT2D eigenvalue weighted by Crippen LogP contribution is 2.68. The highest BCUT2D eigenvalue weighted by Gasteiger charge is 2.62. The predicted octanol–water partition coefficient (Wildman–Crippen LogP) is 7.23. The molecule has 0 bridgehead atoms. The summed E-state index contributed by atoms with van der Waals surface area (Å²) in [5, 5.41) is 22.9. The first kappa shape index (κ1) is 40.5. The van der Waals surface area contributed by atoms with Crippen molar-refractivity contribution in [3.63, 3.8) is 0 Å². The molecule has 4 aliphatic carbocycles. The van der Waals surface area contributed by atoms with Crippen molar-refractivity contribution in [1.82, 2.24) is 16.0 Å². The van der Waals surface area contributed by atoms with Gasteiger partial charge in [-0.1, -0.05) is 48.5 Å². The maximum absolute atomic E-state index is 11.8. The maximum atomic E-state index is 11.8. The molecule has 0 radical (unpaired) electrons. The number of aliphatic hydroxyl groups excluding tert-OH is 1. The van der Waals surface area contributed by atoms with Crippen molar-refractivity contribution in [2.75, 3.05) is 32.7 Å². The van der Waals surface area contributed by atoms with E-state index in [1.165, 1.54) is 70.6 Å². The van der Waals surface area contributed by atoms with E-state index in [1.54, 1.807) is 0 Å². The van der Waals surface area contributed by atoms with E-state index in [0.29, 0.717) is 53.4 Å². The van der Waals surface area contributed by atoms with Gasteiger partial charge in [0.05, 0.1) is 12.2 Å². The van der Waals surface area contributed by atoms with Gasteiger partial charge in [0.25, 0.3) is 0 Å². The second kappa shape index (κ2) is 18.0. The Bertz CT molecular complexity index is 1070. The van der Waals surface area contributed by atoms with Gasteiger partial charge in [-0.25, -0.2) is 4.18 Å². The van der Waals surface area contributed by atoms with Crippen LogP contribution in [0.3, 0.4) is 0 Å². The fraction of sp³-hybridized carbons (Fsp3) is 1.00. The lowest BCUT2D eigenvalue weighted by Crippen LogP contribution is -2.59. The largest absolute Gasteiger partial charge is 0.397 e. The second-order valence-corrected chi connectivity index (χ2v) is 19.1. The van der Waals surface area contributed by atoms with E-state index in [-0.39, 0.29) is 17.4 Å². The Hall–Kier alpha value is -0.290. The molecule has 9 heteroatoms. The lowest BCUT2D eigenvalue weighted by Gasteiger charge is -2.62. The molecule has 0 amide bonds. The van der Waals surface area contributed by atoms with Gasteiger partial charge in [-0.15, -0.1) is 0 Å². The lowest BCUT2D eigenvalue weighted by atomic mass is 9.43. The average molecular weight is 698 g/mol. The summed E-state index contributed by atoms with van der Waals surface area (Å²) in [6.45, 7) is 21.4. The molecule has 8 nitrogen and oxygen atoms in total. The highest BCUT2D eigenvalue weighted by molar-refractivity contribution is 7.80. The number of hydrogen-bond donors (Lipinski definition) is 5. The number of hydrogen-bond acceptors (Lipinski definition) is 7. The van der Waals surface area contributed by atoms with Crippen molar-refractivity contribution in [3.8, 4) is 0 Å². The Morgan fingerprint density at radius 2 is 1.42 bits per heavy atom. The van der Waals surface area contributed by atoms with Gasteiger partial charge in [0.15, 0.2) is 0 Å². The Morgan fingerprint density at radius 3 is 2.08 bits per heavy atom. The monoisotopic (exact) mass is 698 g/mol. The fourth-order valence-corrected chi connectivity index (χ4v) is 12.0. The smallest absolute Gasteiger partial charge is 0.393 e. The maximum Gasteiger partial charge on any atom is 0.397 e. The predicted molar refractivity (Wildman–Crippen MR) is 197 cm³/mol. The molecule has 0 saturated heterocycles. The third-order valence-electron chi connectivity index (χ3n) is 14.2. The molecule has 4 saturated carbocycles.